The summed E-state index contributed by atoms with van der Waals surface area (Å²) in [5.41, 5.74) is 0.162. The van der Waals surface area contributed by atoms with Crippen molar-refractivity contribution in [3.05, 3.63) is 28.2 Å². The smallest absolute Gasteiger partial charge is 0.303 e. The Morgan fingerprint density at radius 2 is 2.14 bits per heavy atom. The Morgan fingerprint density at radius 1 is 1.43 bits per heavy atom. The summed E-state index contributed by atoms with van der Waals surface area (Å²) >= 11 is 3.33. The minimum Gasteiger partial charge on any atom is -0.496 e. The normalized spacial score (nSPS) is 15.9. The van der Waals surface area contributed by atoms with E-state index < -0.39 is 5.97 Å². The van der Waals surface area contributed by atoms with Gasteiger partial charge < -0.3 is 15.2 Å². The minimum atomic E-state index is -0.815. The minimum absolute atomic E-state index is 0.102. The van der Waals surface area contributed by atoms with Crippen molar-refractivity contribution in [1.82, 2.24) is 5.32 Å². The van der Waals surface area contributed by atoms with Crippen LogP contribution in [0.5, 0.6) is 5.75 Å². The molecule has 21 heavy (non-hydrogen) atoms. The number of carboxylic acid groups (broad SMARTS) is 1. The van der Waals surface area contributed by atoms with Gasteiger partial charge in [-0.25, -0.2) is 0 Å². The van der Waals surface area contributed by atoms with Gasteiger partial charge in [-0.1, -0.05) is 22.4 Å². The zero-order chi connectivity index (χ0) is 15.5. The van der Waals surface area contributed by atoms with Gasteiger partial charge in [-0.05, 0) is 36.5 Å². The summed E-state index contributed by atoms with van der Waals surface area (Å²) in [6, 6.07) is 5.18. The Kier molecular flexibility index (Phi) is 4.88. The van der Waals surface area contributed by atoms with Gasteiger partial charge in [-0.15, -0.1) is 0 Å². The zero-order valence-electron chi connectivity index (χ0n) is 11.8. The second-order valence-corrected chi connectivity index (χ2v) is 6.37. The van der Waals surface area contributed by atoms with E-state index in [0.717, 1.165) is 23.7 Å². The fourth-order valence-corrected chi connectivity index (χ4v) is 2.97. The van der Waals surface area contributed by atoms with E-state index in [4.69, 9.17) is 9.84 Å². The molecule has 5 nitrogen and oxygen atoms in total. The van der Waals surface area contributed by atoms with E-state index in [1.807, 2.05) is 0 Å². The maximum atomic E-state index is 12.3. The van der Waals surface area contributed by atoms with Gasteiger partial charge in [0.2, 0.25) is 0 Å². The molecule has 1 saturated carbocycles. The highest BCUT2D eigenvalue weighted by molar-refractivity contribution is 9.10. The molecule has 1 aliphatic carbocycles. The lowest BCUT2D eigenvalue weighted by Crippen LogP contribution is -2.43. The summed E-state index contributed by atoms with van der Waals surface area (Å²) in [6.07, 6.45) is 2.81. The molecule has 0 bridgehead atoms. The molecular weight excluding hydrogens is 338 g/mol. The zero-order valence-corrected chi connectivity index (χ0v) is 13.4. The molecule has 0 saturated heterocycles. The highest BCUT2D eigenvalue weighted by Crippen LogP contribution is 2.43. The summed E-state index contributed by atoms with van der Waals surface area (Å²) in [5.74, 6) is -0.566. The number of amides is 1. The average molecular weight is 356 g/mol. The van der Waals surface area contributed by atoms with Crippen LogP contribution in [0.2, 0.25) is 0 Å². The standard InChI is InChI=1S/C15H18BrNO4/c1-21-12-7-10(16)3-4-11(12)14(20)17-9-15(5-2-6-15)8-13(18)19/h3-4,7H,2,5-6,8-9H2,1H3,(H,17,20)(H,18,19). The topological polar surface area (TPSA) is 75.6 Å². The molecular formula is C15H18BrNO4. The molecule has 1 aromatic carbocycles. The Balaban J connectivity index is 2.03. The van der Waals surface area contributed by atoms with Gasteiger partial charge in [0.15, 0.2) is 0 Å². The molecule has 0 radical (unpaired) electrons. The van der Waals surface area contributed by atoms with Gasteiger partial charge in [0.05, 0.1) is 19.1 Å². The molecule has 6 heteroatoms. The van der Waals surface area contributed by atoms with Gasteiger partial charge in [0.1, 0.15) is 5.75 Å². The number of carbonyl (C=O) groups excluding carboxylic acids is 1. The average Bonchev–Trinajstić information content (AvgIpc) is 2.40. The van der Waals surface area contributed by atoms with Gasteiger partial charge in [0.25, 0.3) is 5.91 Å². The van der Waals surface area contributed by atoms with Crippen molar-refractivity contribution >= 4 is 27.8 Å². The first-order valence-electron chi connectivity index (χ1n) is 6.79. The van der Waals surface area contributed by atoms with E-state index in [1.54, 1.807) is 18.2 Å². The number of ether oxygens (including phenoxy) is 1. The van der Waals surface area contributed by atoms with Gasteiger partial charge >= 0.3 is 5.97 Å². The van der Waals surface area contributed by atoms with Crippen LogP contribution in [0.4, 0.5) is 0 Å². The summed E-state index contributed by atoms with van der Waals surface area (Å²) in [4.78, 5) is 23.2. The van der Waals surface area contributed by atoms with E-state index in [2.05, 4.69) is 21.2 Å². The summed E-state index contributed by atoms with van der Waals surface area (Å²) in [5, 5.41) is 11.8. The largest absolute Gasteiger partial charge is 0.496 e. The molecule has 2 rings (SSSR count). The van der Waals surface area contributed by atoms with Crippen LogP contribution in [0.25, 0.3) is 0 Å². The summed E-state index contributed by atoms with van der Waals surface area (Å²) in [6.45, 7) is 0.386. The second-order valence-electron chi connectivity index (χ2n) is 5.45. The van der Waals surface area contributed by atoms with Crippen molar-refractivity contribution in [2.75, 3.05) is 13.7 Å². The third kappa shape index (κ3) is 3.75. The van der Waals surface area contributed by atoms with E-state index in [9.17, 15) is 9.59 Å². The second kappa shape index (κ2) is 6.47. The molecule has 0 aliphatic heterocycles. The first-order valence-corrected chi connectivity index (χ1v) is 7.59. The first-order chi connectivity index (χ1) is 9.96. The highest BCUT2D eigenvalue weighted by Gasteiger charge is 2.39. The molecule has 0 spiro atoms. The Morgan fingerprint density at radius 3 is 2.67 bits per heavy atom. The van der Waals surface area contributed by atoms with Crippen LogP contribution in [0, 0.1) is 5.41 Å². The maximum Gasteiger partial charge on any atom is 0.303 e. The number of benzene rings is 1. The lowest BCUT2D eigenvalue weighted by molar-refractivity contribution is -0.141. The van der Waals surface area contributed by atoms with Crippen molar-refractivity contribution in [2.45, 2.75) is 25.7 Å². The van der Waals surface area contributed by atoms with Crippen molar-refractivity contribution in [3.63, 3.8) is 0 Å². The molecule has 1 aliphatic rings. The maximum absolute atomic E-state index is 12.3. The number of carbonyl (C=O) groups is 2. The number of hydrogen-bond acceptors (Lipinski definition) is 3. The quantitative estimate of drug-likeness (QED) is 0.822. The predicted octanol–water partition coefficient (Wildman–Crippen LogP) is 2.83. The number of carboxylic acids is 1. The van der Waals surface area contributed by atoms with Crippen molar-refractivity contribution in [1.29, 1.82) is 0 Å². The van der Waals surface area contributed by atoms with Crippen molar-refractivity contribution in [2.24, 2.45) is 5.41 Å². The van der Waals surface area contributed by atoms with Gasteiger partial charge in [-0.2, -0.15) is 0 Å². The van der Waals surface area contributed by atoms with Crippen LogP contribution in [0.3, 0.4) is 0 Å². The molecule has 2 N–H and O–H groups in total. The SMILES string of the molecule is COc1cc(Br)ccc1C(=O)NCC1(CC(=O)O)CCC1. The van der Waals surface area contributed by atoms with Crippen LogP contribution < -0.4 is 10.1 Å². The molecule has 0 atom stereocenters. The van der Waals surface area contributed by atoms with E-state index in [-0.39, 0.29) is 17.7 Å². The summed E-state index contributed by atoms with van der Waals surface area (Å²) < 4.78 is 6.03. The third-order valence-corrected chi connectivity index (χ3v) is 4.47. The fourth-order valence-electron chi connectivity index (χ4n) is 2.63. The molecule has 1 fully saturated rings. The Labute approximate surface area is 131 Å². The van der Waals surface area contributed by atoms with E-state index in [0.29, 0.717) is 17.9 Å². The number of rotatable bonds is 6. The van der Waals surface area contributed by atoms with Crippen molar-refractivity contribution < 1.29 is 19.4 Å². The molecule has 1 amide bonds. The molecule has 0 heterocycles. The third-order valence-electron chi connectivity index (χ3n) is 3.97. The fraction of sp³-hybridized carbons (Fsp3) is 0.467. The molecule has 1 aromatic rings. The lowest BCUT2D eigenvalue weighted by atomic mass is 9.66. The van der Waals surface area contributed by atoms with E-state index >= 15 is 0 Å². The van der Waals surface area contributed by atoms with Crippen LogP contribution in [0.1, 0.15) is 36.0 Å². The number of aliphatic carboxylic acids is 1. The number of hydrogen-bond donors (Lipinski definition) is 2. The molecule has 114 valence electrons. The van der Waals surface area contributed by atoms with Crippen LogP contribution in [0.15, 0.2) is 22.7 Å². The summed E-state index contributed by atoms with van der Waals surface area (Å²) in [7, 11) is 1.51. The molecule has 0 aromatic heterocycles. The predicted molar refractivity (Wildman–Crippen MR) is 81.6 cm³/mol. The monoisotopic (exact) mass is 355 g/mol. The van der Waals surface area contributed by atoms with Crippen molar-refractivity contribution in [3.8, 4) is 5.75 Å². The van der Waals surface area contributed by atoms with Crippen LogP contribution in [-0.4, -0.2) is 30.6 Å². The number of methoxy groups -OCH3 is 1. The van der Waals surface area contributed by atoms with Gasteiger partial charge in [0, 0.05) is 11.0 Å². The van der Waals surface area contributed by atoms with E-state index in [1.165, 1.54) is 7.11 Å². The lowest BCUT2D eigenvalue weighted by Gasteiger charge is -2.40. The molecule has 0 unspecified atom stereocenters. The van der Waals surface area contributed by atoms with Gasteiger partial charge in [-0.3, -0.25) is 9.59 Å². The highest BCUT2D eigenvalue weighted by atomic mass is 79.9. The number of halogens is 1. The Bertz CT molecular complexity index is 555. The Hall–Kier alpha value is -1.56. The number of nitrogens with one attached hydrogen (secondary N) is 1. The van der Waals surface area contributed by atoms with Crippen LogP contribution >= 0.6 is 15.9 Å². The first kappa shape index (κ1) is 15.8. The van der Waals surface area contributed by atoms with Crippen LogP contribution in [-0.2, 0) is 4.79 Å².